The predicted molar refractivity (Wildman–Crippen MR) is 80.9 cm³/mol. The number of Topliss-reactive ketones (excluding diaryl/α,β-unsaturated/α-hetero) is 1. The summed E-state index contributed by atoms with van der Waals surface area (Å²) in [6, 6.07) is 17.3. The molecule has 0 aliphatic carbocycles. The molecule has 3 nitrogen and oxygen atoms in total. The number of ketones is 1. The van der Waals surface area contributed by atoms with E-state index in [9.17, 15) is 4.79 Å². The van der Waals surface area contributed by atoms with Crippen molar-refractivity contribution in [1.29, 1.82) is 5.26 Å². The van der Waals surface area contributed by atoms with Gasteiger partial charge >= 0.3 is 0 Å². The second-order valence-electron chi connectivity index (χ2n) is 5.34. The Bertz CT molecular complexity index is 698. The summed E-state index contributed by atoms with van der Waals surface area (Å²) >= 11 is 0. The fourth-order valence-corrected chi connectivity index (χ4v) is 2.71. The van der Waals surface area contributed by atoms with Gasteiger partial charge in [-0.2, -0.15) is 5.26 Å². The van der Waals surface area contributed by atoms with Crippen molar-refractivity contribution in [2.24, 2.45) is 0 Å². The Labute approximate surface area is 124 Å². The molecule has 3 rings (SSSR count). The van der Waals surface area contributed by atoms with Gasteiger partial charge in [-0.1, -0.05) is 36.4 Å². The maximum atomic E-state index is 12.3. The second-order valence-corrected chi connectivity index (χ2v) is 5.34. The third-order valence-electron chi connectivity index (χ3n) is 3.91. The Morgan fingerprint density at radius 3 is 2.52 bits per heavy atom. The van der Waals surface area contributed by atoms with Crippen LogP contribution in [0.25, 0.3) is 0 Å². The average molecular weight is 276 g/mol. The van der Waals surface area contributed by atoms with Crippen LogP contribution in [0.3, 0.4) is 0 Å². The van der Waals surface area contributed by atoms with Crippen molar-refractivity contribution in [2.45, 2.75) is 13.0 Å². The van der Waals surface area contributed by atoms with Crippen LogP contribution in [0, 0.1) is 11.3 Å². The van der Waals surface area contributed by atoms with Crippen LogP contribution in [0.4, 0.5) is 0 Å². The molecular weight excluding hydrogens is 260 g/mol. The number of fused-ring (bicyclic) bond motifs is 1. The molecule has 0 amide bonds. The smallest absolute Gasteiger partial charge is 0.176 e. The zero-order valence-electron chi connectivity index (χ0n) is 11.7. The van der Waals surface area contributed by atoms with Gasteiger partial charge in [-0.15, -0.1) is 0 Å². The third-order valence-corrected chi connectivity index (χ3v) is 3.91. The molecule has 0 bridgehead atoms. The van der Waals surface area contributed by atoms with E-state index in [-0.39, 0.29) is 5.78 Å². The van der Waals surface area contributed by atoms with Gasteiger partial charge in [-0.05, 0) is 29.7 Å². The fraction of sp³-hybridized carbons (Fsp3) is 0.222. The lowest BCUT2D eigenvalue weighted by atomic mass is 9.99. The number of benzene rings is 2. The van der Waals surface area contributed by atoms with E-state index in [0.717, 1.165) is 19.5 Å². The molecular formula is C18H16N2O. The monoisotopic (exact) mass is 276 g/mol. The van der Waals surface area contributed by atoms with Crippen molar-refractivity contribution < 1.29 is 4.79 Å². The summed E-state index contributed by atoms with van der Waals surface area (Å²) in [6.45, 7) is 2.18. The first-order valence-corrected chi connectivity index (χ1v) is 7.09. The highest BCUT2D eigenvalue weighted by Gasteiger charge is 2.18. The Kier molecular flexibility index (Phi) is 3.81. The Balaban J connectivity index is 1.67. The van der Waals surface area contributed by atoms with Crippen molar-refractivity contribution >= 4 is 5.78 Å². The van der Waals surface area contributed by atoms with Crippen molar-refractivity contribution in [3.8, 4) is 6.07 Å². The molecule has 0 N–H and O–H groups in total. The Morgan fingerprint density at radius 2 is 1.81 bits per heavy atom. The van der Waals surface area contributed by atoms with Crippen LogP contribution in [0.5, 0.6) is 0 Å². The molecule has 1 aliphatic heterocycles. The zero-order valence-corrected chi connectivity index (χ0v) is 11.7. The molecule has 3 heteroatoms. The van der Waals surface area contributed by atoms with Crippen molar-refractivity contribution in [2.75, 3.05) is 13.1 Å². The first-order valence-electron chi connectivity index (χ1n) is 7.09. The largest absolute Gasteiger partial charge is 0.293 e. The summed E-state index contributed by atoms with van der Waals surface area (Å²) < 4.78 is 0. The van der Waals surface area contributed by atoms with Gasteiger partial charge in [0.2, 0.25) is 0 Å². The SMILES string of the molecule is N#Cc1ccc(C(=O)CN2CCc3ccccc3C2)cc1. The minimum atomic E-state index is 0.110. The highest BCUT2D eigenvalue weighted by molar-refractivity contribution is 5.97. The number of carbonyl (C=O) groups is 1. The highest BCUT2D eigenvalue weighted by atomic mass is 16.1. The molecule has 0 atom stereocenters. The molecule has 0 fully saturated rings. The van der Waals surface area contributed by atoms with Crippen LogP contribution in [0.2, 0.25) is 0 Å². The minimum absolute atomic E-state index is 0.110. The first kappa shape index (κ1) is 13.5. The van der Waals surface area contributed by atoms with E-state index >= 15 is 0 Å². The molecule has 104 valence electrons. The number of nitriles is 1. The van der Waals surface area contributed by atoms with Crippen molar-refractivity contribution in [3.05, 3.63) is 70.8 Å². The second kappa shape index (κ2) is 5.90. The molecule has 0 unspecified atom stereocenters. The lowest BCUT2D eigenvalue weighted by Gasteiger charge is -2.28. The normalized spacial score (nSPS) is 14.2. The van der Waals surface area contributed by atoms with Gasteiger partial charge in [0.25, 0.3) is 0 Å². The van der Waals surface area contributed by atoms with Gasteiger partial charge in [-0.3, -0.25) is 9.69 Å². The summed E-state index contributed by atoms with van der Waals surface area (Å²) in [5.41, 5.74) is 3.96. The summed E-state index contributed by atoms with van der Waals surface area (Å²) in [6.07, 6.45) is 0.997. The first-order chi connectivity index (χ1) is 10.3. The number of carbonyl (C=O) groups excluding carboxylic acids is 1. The van der Waals surface area contributed by atoms with E-state index < -0.39 is 0 Å². The predicted octanol–water partition coefficient (Wildman–Crippen LogP) is 2.80. The molecule has 0 saturated heterocycles. The molecule has 2 aromatic carbocycles. The summed E-state index contributed by atoms with van der Waals surface area (Å²) in [5, 5.41) is 8.78. The number of rotatable bonds is 3. The summed E-state index contributed by atoms with van der Waals surface area (Å²) in [5.74, 6) is 0.110. The molecule has 0 spiro atoms. The standard InChI is InChI=1S/C18H16N2O/c19-11-14-5-7-16(8-6-14)18(21)13-20-10-9-15-3-1-2-4-17(15)12-20/h1-8H,9-10,12-13H2. The van der Waals surface area contributed by atoms with Gasteiger partial charge in [0.15, 0.2) is 5.78 Å². The molecule has 0 saturated carbocycles. The third kappa shape index (κ3) is 3.01. The van der Waals surface area contributed by atoms with E-state index in [2.05, 4.69) is 29.2 Å². The van der Waals surface area contributed by atoms with E-state index in [1.807, 2.05) is 6.07 Å². The number of nitrogens with zero attached hydrogens (tertiary/aromatic N) is 2. The Hall–Kier alpha value is -2.44. The van der Waals surface area contributed by atoms with E-state index in [4.69, 9.17) is 5.26 Å². The van der Waals surface area contributed by atoms with Crippen LogP contribution in [0.1, 0.15) is 27.0 Å². The van der Waals surface area contributed by atoms with Gasteiger partial charge in [0.05, 0.1) is 18.2 Å². The van der Waals surface area contributed by atoms with E-state index in [1.165, 1.54) is 11.1 Å². The lowest BCUT2D eigenvalue weighted by Crippen LogP contribution is -2.34. The van der Waals surface area contributed by atoms with Gasteiger partial charge in [0, 0.05) is 18.7 Å². The van der Waals surface area contributed by atoms with E-state index in [0.29, 0.717) is 17.7 Å². The maximum Gasteiger partial charge on any atom is 0.176 e. The van der Waals surface area contributed by atoms with Crippen LogP contribution in [-0.4, -0.2) is 23.8 Å². The van der Waals surface area contributed by atoms with Gasteiger partial charge in [-0.25, -0.2) is 0 Å². The maximum absolute atomic E-state index is 12.3. The van der Waals surface area contributed by atoms with Crippen molar-refractivity contribution in [3.63, 3.8) is 0 Å². The molecule has 2 aromatic rings. The zero-order chi connectivity index (χ0) is 14.7. The summed E-state index contributed by atoms with van der Waals surface area (Å²) in [4.78, 5) is 14.5. The quantitative estimate of drug-likeness (QED) is 0.810. The van der Waals surface area contributed by atoms with Crippen LogP contribution < -0.4 is 0 Å². The van der Waals surface area contributed by atoms with Crippen LogP contribution in [0.15, 0.2) is 48.5 Å². The fourth-order valence-electron chi connectivity index (χ4n) is 2.71. The minimum Gasteiger partial charge on any atom is -0.293 e. The lowest BCUT2D eigenvalue weighted by molar-refractivity contribution is 0.0921. The summed E-state index contributed by atoms with van der Waals surface area (Å²) in [7, 11) is 0. The molecule has 1 heterocycles. The topological polar surface area (TPSA) is 44.1 Å². The molecule has 0 radical (unpaired) electrons. The average Bonchev–Trinajstić information content (AvgIpc) is 2.55. The van der Waals surface area contributed by atoms with E-state index in [1.54, 1.807) is 24.3 Å². The highest BCUT2D eigenvalue weighted by Crippen LogP contribution is 2.18. The van der Waals surface area contributed by atoms with Crippen molar-refractivity contribution in [1.82, 2.24) is 4.90 Å². The molecule has 1 aliphatic rings. The van der Waals surface area contributed by atoms with Gasteiger partial charge < -0.3 is 0 Å². The Morgan fingerprint density at radius 1 is 1.10 bits per heavy atom. The van der Waals surface area contributed by atoms with Gasteiger partial charge in [0.1, 0.15) is 0 Å². The number of hydrogen-bond donors (Lipinski definition) is 0. The van der Waals surface area contributed by atoms with Crippen LogP contribution >= 0.6 is 0 Å². The molecule has 21 heavy (non-hydrogen) atoms. The molecule has 0 aromatic heterocycles. The number of hydrogen-bond acceptors (Lipinski definition) is 3. The van der Waals surface area contributed by atoms with Crippen LogP contribution in [-0.2, 0) is 13.0 Å².